The zero-order valence-corrected chi connectivity index (χ0v) is 29.2. The maximum Gasteiger partial charge on any atom is 0.220 e. The van der Waals surface area contributed by atoms with Crippen LogP contribution in [0.4, 0.5) is 0 Å². The summed E-state index contributed by atoms with van der Waals surface area (Å²) >= 11 is 0. The summed E-state index contributed by atoms with van der Waals surface area (Å²) in [5.41, 5.74) is 0. The minimum absolute atomic E-state index is 0.265. The molecule has 1 amide bonds. The van der Waals surface area contributed by atoms with Crippen molar-refractivity contribution in [2.45, 2.75) is 210 Å². The van der Waals surface area contributed by atoms with Gasteiger partial charge >= 0.3 is 0 Å². The Labute approximate surface area is 279 Å². The van der Waals surface area contributed by atoms with E-state index in [1.807, 2.05) is 0 Å². The second-order valence-electron chi connectivity index (χ2n) is 13.5. The molecule has 0 spiro atoms. The van der Waals surface area contributed by atoms with Gasteiger partial charge in [-0.15, -0.1) is 0 Å². The average molecular weight is 662 g/mol. The Bertz CT molecular complexity index is 713. The predicted octanol–water partition coefficient (Wildman–Crippen LogP) is 5.02. The fraction of sp³-hybridized carbons (Fsp3) is 0.972. The van der Waals surface area contributed by atoms with E-state index < -0.39 is 55.6 Å². The SMILES string of the molecule is CCCCCCCCCCCCCCCC[C@@H](O)[C@@H](O)[C@H](CO[C@@H]1O[C@H](CO)[C@H](O)C(O)C1O)NC(=O)CCCCCCCCC. The summed E-state index contributed by atoms with van der Waals surface area (Å²) in [5.74, 6) is -0.265. The first-order valence-electron chi connectivity index (χ1n) is 18.8. The van der Waals surface area contributed by atoms with Gasteiger partial charge in [0.25, 0.3) is 0 Å². The fourth-order valence-corrected chi connectivity index (χ4v) is 6.14. The van der Waals surface area contributed by atoms with Gasteiger partial charge in [0, 0.05) is 6.42 Å². The lowest BCUT2D eigenvalue weighted by Gasteiger charge is -2.40. The van der Waals surface area contributed by atoms with Gasteiger partial charge in [0.2, 0.25) is 5.91 Å². The van der Waals surface area contributed by atoms with Crippen molar-refractivity contribution < 1.29 is 44.9 Å². The Hall–Kier alpha value is -0.850. The number of aliphatic hydroxyl groups is 6. The van der Waals surface area contributed by atoms with Crippen LogP contribution in [0.1, 0.15) is 162 Å². The van der Waals surface area contributed by atoms with Crippen LogP contribution in [0, 0.1) is 0 Å². The molecule has 1 aliphatic rings. The number of unbranched alkanes of at least 4 members (excludes halogenated alkanes) is 19. The van der Waals surface area contributed by atoms with Gasteiger partial charge in [-0.3, -0.25) is 4.79 Å². The van der Waals surface area contributed by atoms with Crippen molar-refractivity contribution in [3.8, 4) is 0 Å². The van der Waals surface area contributed by atoms with Crippen LogP contribution in [-0.2, 0) is 14.3 Å². The molecule has 1 fully saturated rings. The van der Waals surface area contributed by atoms with Gasteiger partial charge in [0.05, 0.1) is 25.4 Å². The molecule has 274 valence electrons. The van der Waals surface area contributed by atoms with E-state index in [-0.39, 0.29) is 18.9 Å². The number of amides is 1. The smallest absolute Gasteiger partial charge is 0.220 e. The lowest BCUT2D eigenvalue weighted by Crippen LogP contribution is -2.60. The first-order valence-corrected chi connectivity index (χ1v) is 18.8. The Morgan fingerprint density at radius 3 is 1.61 bits per heavy atom. The van der Waals surface area contributed by atoms with Crippen molar-refractivity contribution in [3.63, 3.8) is 0 Å². The van der Waals surface area contributed by atoms with Crippen molar-refractivity contribution in [2.24, 2.45) is 0 Å². The molecule has 1 saturated heterocycles. The fourth-order valence-electron chi connectivity index (χ4n) is 6.14. The summed E-state index contributed by atoms with van der Waals surface area (Å²) in [6, 6.07) is -0.980. The number of hydrogen-bond acceptors (Lipinski definition) is 9. The van der Waals surface area contributed by atoms with E-state index in [0.29, 0.717) is 6.42 Å². The molecular weight excluding hydrogens is 590 g/mol. The quantitative estimate of drug-likeness (QED) is 0.0523. The van der Waals surface area contributed by atoms with Crippen LogP contribution in [-0.4, -0.2) is 98.7 Å². The topological polar surface area (TPSA) is 169 Å². The number of hydrogen-bond donors (Lipinski definition) is 7. The normalized spacial score (nSPS) is 23.7. The minimum atomic E-state index is -1.60. The van der Waals surface area contributed by atoms with Gasteiger partial charge in [-0.05, 0) is 12.8 Å². The monoisotopic (exact) mass is 662 g/mol. The molecule has 0 aromatic heterocycles. The Kier molecular flexibility index (Phi) is 26.3. The number of carbonyl (C=O) groups is 1. The molecule has 10 heteroatoms. The molecule has 0 saturated carbocycles. The van der Waals surface area contributed by atoms with E-state index in [4.69, 9.17) is 9.47 Å². The highest BCUT2D eigenvalue weighted by Crippen LogP contribution is 2.23. The van der Waals surface area contributed by atoms with Gasteiger partial charge in [-0.25, -0.2) is 0 Å². The molecule has 1 aliphatic heterocycles. The number of ether oxygens (including phenoxy) is 2. The highest BCUT2D eigenvalue weighted by Gasteiger charge is 2.44. The summed E-state index contributed by atoms with van der Waals surface area (Å²) in [4.78, 5) is 12.8. The zero-order valence-electron chi connectivity index (χ0n) is 29.2. The van der Waals surface area contributed by atoms with E-state index >= 15 is 0 Å². The zero-order chi connectivity index (χ0) is 34.0. The third-order valence-electron chi connectivity index (χ3n) is 9.30. The predicted molar refractivity (Wildman–Crippen MR) is 181 cm³/mol. The number of rotatable bonds is 30. The Morgan fingerprint density at radius 1 is 0.674 bits per heavy atom. The molecule has 1 rings (SSSR count). The molecule has 8 atom stereocenters. The van der Waals surface area contributed by atoms with E-state index in [1.54, 1.807) is 0 Å². The second kappa shape index (κ2) is 28.0. The largest absolute Gasteiger partial charge is 0.394 e. The molecule has 2 unspecified atom stereocenters. The van der Waals surface area contributed by atoms with Crippen LogP contribution < -0.4 is 5.32 Å². The molecule has 46 heavy (non-hydrogen) atoms. The van der Waals surface area contributed by atoms with E-state index in [1.165, 1.54) is 89.9 Å². The van der Waals surface area contributed by atoms with Crippen LogP contribution in [0.5, 0.6) is 0 Å². The highest BCUT2D eigenvalue weighted by atomic mass is 16.7. The third-order valence-corrected chi connectivity index (χ3v) is 9.30. The summed E-state index contributed by atoms with van der Waals surface area (Å²) < 4.78 is 11.1. The van der Waals surface area contributed by atoms with Gasteiger partial charge in [0.15, 0.2) is 6.29 Å². The van der Waals surface area contributed by atoms with Crippen molar-refractivity contribution in [1.82, 2.24) is 5.32 Å². The molecule has 0 aromatic carbocycles. The van der Waals surface area contributed by atoms with Crippen LogP contribution in [0.2, 0.25) is 0 Å². The van der Waals surface area contributed by atoms with Crippen molar-refractivity contribution in [2.75, 3.05) is 13.2 Å². The van der Waals surface area contributed by atoms with E-state index in [2.05, 4.69) is 19.2 Å². The molecule has 7 N–H and O–H groups in total. The number of nitrogens with one attached hydrogen (secondary N) is 1. The highest BCUT2D eigenvalue weighted by molar-refractivity contribution is 5.76. The number of carbonyl (C=O) groups excluding carboxylic acids is 1. The minimum Gasteiger partial charge on any atom is -0.394 e. The summed E-state index contributed by atoms with van der Waals surface area (Å²) in [5, 5.41) is 64.6. The summed E-state index contributed by atoms with van der Waals surface area (Å²) in [6.07, 6.45) is 15.7. The lowest BCUT2D eigenvalue weighted by atomic mass is 9.98. The lowest BCUT2D eigenvalue weighted by molar-refractivity contribution is -0.303. The van der Waals surface area contributed by atoms with Crippen molar-refractivity contribution in [3.05, 3.63) is 0 Å². The van der Waals surface area contributed by atoms with E-state index in [9.17, 15) is 35.4 Å². The molecule has 0 aliphatic carbocycles. The summed E-state index contributed by atoms with van der Waals surface area (Å²) in [7, 11) is 0. The van der Waals surface area contributed by atoms with Crippen LogP contribution >= 0.6 is 0 Å². The van der Waals surface area contributed by atoms with Crippen LogP contribution in [0.15, 0.2) is 0 Å². The average Bonchev–Trinajstić information content (AvgIpc) is 3.05. The second-order valence-corrected chi connectivity index (χ2v) is 13.5. The van der Waals surface area contributed by atoms with Crippen molar-refractivity contribution >= 4 is 5.91 Å². The third kappa shape index (κ3) is 19.2. The Morgan fingerprint density at radius 2 is 1.13 bits per heavy atom. The first-order chi connectivity index (χ1) is 22.3. The molecule has 0 radical (unpaired) electrons. The molecule has 0 aromatic rings. The standard InChI is InChI=1S/C36H71NO9/c1-3-5-7-9-11-12-13-14-15-16-17-19-20-22-24-29(39)32(41)28(37-31(40)25-23-21-18-10-8-6-4-2)27-45-36-35(44)34(43)33(42)30(26-38)46-36/h28-30,32-36,38-39,41-44H,3-27H2,1-2H3,(H,37,40)/t28-,29+,30+,32-,33-,34?,35?,36+/m0/s1. The maximum absolute atomic E-state index is 12.8. The summed E-state index contributed by atoms with van der Waals surface area (Å²) in [6.45, 7) is 3.52. The van der Waals surface area contributed by atoms with Crippen LogP contribution in [0.25, 0.3) is 0 Å². The molecule has 1 heterocycles. The van der Waals surface area contributed by atoms with Gasteiger partial charge < -0.3 is 45.4 Å². The molecule has 10 nitrogen and oxygen atoms in total. The Balaban J connectivity index is 2.47. The molecule has 0 bridgehead atoms. The van der Waals surface area contributed by atoms with E-state index in [0.717, 1.165) is 44.9 Å². The van der Waals surface area contributed by atoms with Gasteiger partial charge in [0.1, 0.15) is 30.5 Å². The number of aliphatic hydroxyl groups excluding tert-OH is 6. The van der Waals surface area contributed by atoms with Crippen molar-refractivity contribution in [1.29, 1.82) is 0 Å². The first kappa shape index (κ1) is 43.2. The van der Waals surface area contributed by atoms with Gasteiger partial charge in [-0.2, -0.15) is 0 Å². The van der Waals surface area contributed by atoms with Gasteiger partial charge in [-0.1, -0.05) is 142 Å². The van der Waals surface area contributed by atoms with Crippen LogP contribution in [0.3, 0.4) is 0 Å². The maximum atomic E-state index is 12.8. The molecular formula is C36H71NO9.